The molecule has 0 fully saturated rings. The lowest BCUT2D eigenvalue weighted by atomic mass is 9.95. The number of aliphatic imine (C=N–C) groups is 1. The lowest BCUT2D eigenvalue weighted by Gasteiger charge is -2.16. The highest BCUT2D eigenvalue weighted by Crippen LogP contribution is 2.30. The highest BCUT2D eigenvalue weighted by molar-refractivity contribution is 6.02. The fraction of sp³-hybridized carbons (Fsp3) is 0.250. The van der Waals surface area contributed by atoms with E-state index in [0.717, 1.165) is 24.8 Å². The van der Waals surface area contributed by atoms with Crippen molar-refractivity contribution in [2.45, 2.75) is 31.7 Å². The summed E-state index contributed by atoms with van der Waals surface area (Å²) in [4.78, 5) is 4.94. The Bertz CT molecular complexity index is 689. The maximum atomic E-state index is 4.94. The zero-order valence-electron chi connectivity index (χ0n) is 12.3. The van der Waals surface area contributed by atoms with Crippen LogP contribution < -0.4 is 0 Å². The molecule has 1 aliphatic rings. The Kier molecular flexibility index (Phi) is 3.88. The Labute approximate surface area is 126 Å². The van der Waals surface area contributed by atoms with Gasteiger partial charge in [-0.3, -0.25) is 4.99 Å². The van der Waals surface area contributed by atoms with E-state index in [9.17, 15) is 0 Å². The van der Waals surface area contributed by atoms with Crippen LogP contribution in [0.3, 0.4) is 0 Å². The van der Waals surface area contributed by atoms with E-state index in [1.807, 2.05) is 36.4 Å². The molecular weight excluding hydrogens is 254 g/mol. The second-order valence-corrected chi connectivity index (χ2v) is 5.77. The number of hydrogen-bond acceptors (Lipinski definition) is 1. The molecule has 21 heavy (non-hydrogen) atoms. The van der Waals surface area contributed by atoms with Crippen LogP contribution in [0.25, 0.3) is 0 Å². The summed E-state index contributed by atoms with van der Waals surface area (Å²) in [6.07, 6.45) is 2.95. The SMILES string of the molecule is CC1(CC#Cc2ccccc2)CCC(c2ccccc2)=N1. The Morgan fingerprint density at radius 2 is 1.67 bits per heavy atom. The normalized spacial score (nSPS) is 20.5. The van der Waals surface area contributed by atoms with Gasteiger partial charge in [0, 0.05) is 17.7 Å². The van der Waals surface area contributed by atoms with Crippen molar-refractivity contribution in [2.24, 2.45) is 4.99 Å². The van der Waals surface area contributed by atoms with Gasteiger partial charge in [-0.05, 0) is 37.5 Å². The zero-order valence-corrected chi connectivity index (χ0v) is 12.3. The molecular formula is C20H19N. The Hall–Kier alpha value is -2.33. The van der Waals surface area contributed by atoms with E-state index >= 15 is 0 Å². The zero-order chi connectivity index (χ0) is 14.5. The van der Waals surface area contributed by atoms with E-state index in [4.69, 9.17) is 4.99 Å². The lowest BCUT2D eigenvalue weighted by molar-refractivity contribution is 0.484. The number of hydrogen-bond donors (Lipinski definition) is 0. The molecule has 1 heteroatoms. The monoisotopic (exact) mass is 273 g/mol. The van der Waals surface area contributed by atoms with Gasteiger partial charge >= 0.3 is 0 Å². The van der Waals surface area contributed by atoms with Gasteiger partial charge in [0.25, 0.3) is 0 Å². The average molecular weight is 273 g/mol. The smallest absolute Gasteiger partial charge is 0.0696 e. The molecule has 1 aliphatic heterocycles. The van der Waals surface area contributed by atoms with Crippen molar-refractivity contribution in [3.05, 3.63) is 71.8 Å². The van der Waals surface area contributed by atoms with Crippen molar-refractivity contribution in [3.63, 3.8) is 0 Å². The molecule has 0 bridgehead atoms. The third-order valence-corrected chi connectivity index (χ3v) is 3.89. The molecule has 1 heterocycles. The molecule has 0 aliphatic carbocycles. The van der Waals surface area contributed by atoms with Crippen LogP contribution >= 0.6 is 0 Å². The van der Waals surface area contributed by atoms with Crippen LogP contribution in [-0.4, -0.2) is 11.3 Å². The first-order chi connectivity index (χ1) is 10.3. The third kappa shape index (κ3) is 3.41. The van der Waals surface area contributed by atoms with Crippen LogP contribution in [0.5, 0.6) is 0 Å². The van der Waals surface area contributed by atoms with Gasteiger partial charge in [0.1, 0.15) is 0 Å². The molecule has 104 valence electrons. The van der Waals surface area contributed by atoms with E-state index in [1.165, 1.54) is 11.3 Å². The second-order valence-electron chi connectivity index (χ2n) is 5.77. The van der Waals surface area contributed by atoms with Gasteiger partial charge in [0.15, 0.2) is 0 Å². The molecule has 2 aromatic rings. The van der Waals surface area contributed by atoms with Gasteiger partial charge in [-0.15, -0.1) is 0 Å². The summed E-state index contributed by atoms with van der Waals surface area (Å²) in [5.74, 6) is 6.53. The fourth-order valence-corrected chi connectivity index (χ4v) is 2.65. The van der Waals surface area contributed by atoms with E-state index in [2.05, 4.69) is 43.0 Å². The first-order valence-electron chi connectivity index (χ1n) is 7.43. The molecule has 0 saturated heterocycles. The fourth-order valence-electron chi connectivity index (χ4n) is 2.65. The van der Waals surface area contributed by atoms with Crippen LogP contribution in [0.15, 0.2) is 65.7 Å². The molecule has 0 saturated carbocycles. The molecule has 2 aromatic carbocycles. The Morgan fingerprint density at radius 3 is 2.38 bits per heavy atom. The summed E-state index contributed by atoms with van der Waals surface area (Å²) in [7, 11) is 0. The van der Waals surface area contributed by atoms with E-state index in [1.54, 1.807) is 0 Å². The van der Waals surface area contributed by atoms with Crippen LogP contribution in [-0.2, 0) is 0 Å². The standard InChI is InChI=1S/C20H19N/c1-20(15-8-11-17-9-4-2-5-10-17)16-14-19(21-20)18-12-6-3-7-13-18/h2-7,9-10,12-13H,14-16H2,1H3. The van der Waals surface area contributed by atoms with Crippen LogP contribution in [0.2, 0.25) is 0 Å². The maximum absolute atomic E-state index is 4.94. The Morgan fingerprint density at radius 1 is 1.00 bits per heavy atom. The van der Waals surface area contributed by atoms with Gasteiger partial charge in [-0.25, -0.2) is 0 Å². The van der Waals surface area contributed by atoms with E-state index in [0.29, 0.717) is 0 Å². The predicted molar refractivity (Wildman–Crippen MR) is 88.6 cm³/mol. The summed E-state index contributed by atoms with van der Waals surface area (Å²) in [6, 6.07) is 20.6. The average Bonchev–Trinajstić information content (AvgIpc) is 2.92. The minimum absolute atomic E-state index is 0.0348. The van der Waals surface area contributed by atoms with Gasteiger partial charge in [-0.1, -0.05) is 60.4 Å². The summed E-state index contributed by atoms with van der Waals surface area (Å²) in [6.45, 7) is 2.21. The first kappa shape index (κ1) is 13.6. The largest absolute Gasteiger partial charge is 0.282 e. The number of benzene rings is 2. The molecule has 3 rings (SSSR count). The first-order valence-corrected chi connectivity index (χ1v) is 7.43. The minimum atomic E-state index is -0.0348. The summed E-state index contributed by atoms with van der Waals surface area (Å²) in [5.41, 5.74) is 3.51. The van der Waals surface area contributed by atoms with Crippen LogP contribution in [0, 0.1) is 11.8 Å². The van der Waals surface area contributed by atoms with Crippen molar-refractivity contribution in [1.29, 1.82) is 0 Å². The second kappa shape index (κ2) is 5.97. The van der Waals surface area contributed by atoms with Crippen molar-refractivity contribution in [3.8, 4) is 11.8 Å². The van der Waals surface area contributed by atoms with Crippen molar-refractivity contribution < 1.29 is 0 Å². The van der Waals surface area contributed by atoms with Crippen LogP contribution in [0.1, 0.15) is 37.3 Å². The lowest BCUT2D eigenvalue weighted by Crippen LogP contribution is -2.16. The van der Waals surface area contributed by atoms with Crippen LogP contribution in [0.4, 0.5) is 0 Å². The summed E-state index contributed by atoms with van der Waals surface area (Å²) >= 11 is 0. The van der Waals surface area contributed by atoms with Gasteiger partial charge in [0.2, 0.25) is 0 Å². The molecule has 0 aromatic heterocycles. The predicted octanol–water partition coefficient (Wildman–Crippen LogP) is 4.47. The molecule has 0 spiro atoms. The molecule has 0 radical (unpaired) electrons. The van der Waals surface area contributed by atoms with Gasteiger partial charge in [0.05, 0.1) is 5.54 Å². The molecule has 0 amide bonds. The summed E-state index contributed by atoms with van der Waals surface area (Å²) in [5, 5.41) is 0. The molecule has 1 unspecified atom stereocenters. The quantitative estimate of drug-likeness (QED) is 0.716. The van der Waals surface area contributed by atoms with Crippen molar-refractivity contribution in [2.75, 3.05) is 0 Å². The molecule has 0 N–H and O–H groups in total. The topological polar surface area (TPSA) is 12.4 Å². The highest BCUT2D eigenvalue weighted by atomic mass is 14.9. The van der Waals surface area contributed by atoms with Gasteiger partial charge in [-0.2, -0.15) is 0 Å². The number of rotatable bonds is 2. The summed E-state index contributed by atoms with van der Waals surface area (Å²) < 4.78 is 0. The van der Waals surface area contributed by atoms with E-state index < -0.39 is 0 Å². The van der Waals surface area contributed by atoms with Gasteiger partial charge < -0.3 is 0 Å². The molecule has 1 nitrogen and oxygen atoms in total. The Balaban J connectivity index is 1.72. The minimum Gasteiger partial charge on any atom is -0.282 e. The van der Waals surface area contributed by atoms with E-state index in [-0.39, 0.29) is 5.54 Å². The third-order valence-electron chi connectivity index (χ3n) is 3.89. The number of nitrogens with zero attached hydrogens (tertiary/aromatic N) is 1. The van der Waals surface area contributed by atoms with Crippen molar-refractivity contribution >= 4 is 5.71 Å². The molecule has 1 atom stereocenters. The maximum Gasteiger partial charge on any atom is 0.0696 e. The highest BCUT2D eigenvalue weighted by Gasteiger charge is 2.29. The van der Waals surface area contributed by atoms with Crippen molar-refractivity contribution in [1.82, 2.24) is 0 Å².